The summed E-state index contributed by atoms with van der Waals surface area (Å²) in [5.74, 6) is -0.361. The fraction of sp³-hybridized carbons (Fsp3) is 0.160. The molecule has 8 heteroatoms. The van der Waals surface area contributed by atoms with Gasteiger partial charge in [0, 0.05) is 16.3 Å². The Kier molecular flexibility index (Phi) is 7.01. The highest BCUT2D eigenvalue weighted by molar-refractivity contribution is 8.18. The minimum Gasteiger partial charge on any atom is -0.493 e. The standard InChI is InChI=1S/C25H21ClN2O4S/c1-2-12-32-21-11-10-16-6-3-4-9-19(16)20(21)14-22-24(30)28(25(31)33-22)15-23(29)27-18-8-5-7-17(26)13-18/h3-11,13-14H,2,12,15H2,1H3,(H,27,29)/b22-14-. The lowest BCUT2D eigenvalue weighted by molar-refractivity contribution is -0.127. The van der Waals surface area contributed by atoms with Crippen molar-refractivity contribution in [3.63, 3.8) is 0 Å². The molecule has 6 nitrogen and oxygen atoms in total. The van der Waals surface area contributed by atoms with Crippen LogP contribution in [0.4, 0.5) is 10.5 Å². The number of amides is 3. The van der Waals surface area contributed by atoms with Crippen molar-refractivity contribution >= 4 is 63.0 Å². The number of fused-ring (bicyclic) bond motifs is 1. The molecule has 0 atom stereocenters. The molecule has 0 spiro atoms. The maximum absolute atomic E-state index is 13.0. The number of hydrogen-bond donors (Lipinski definition) is 1. The second-order valence-corrected chi connectivity index (χ2v) is 8.80. The van der Waals surface area contributed by atoms with Crippen LogP contribution >= 0.6 is 23.4 Å². The topological polar surface area (TPSA) is 75.7 Å². The molecular weight excluding hydrogens is 460 g/mol. The number of nitrogens with zero attached hydrogens (tertiary/aromatic N) is 1. The lowest BCUT2D eigenvalue weighted by Crippen LogP contribution is -2.36. The fourth-order valence-corrected chi connectivity index (χ4v) is 4.45. The quantitative estimate of drug-likeness (QED) is 0.422. The van der Waals surface area contributed by atoms with E-state index in [1.165, 1.54) is 0 Å². The second-order valence-electron chi connectivity index (χ2n) is 7.37. The normalized spacial score (nSPS) is 14.8. The van der Waals surface area contributed by atoms with Gasteiger partial charge in [-0.25, -0.2) is 0 Å². The van der Waals surface area contributed by atoms with Gasteiger partial charge < -0.3 is 10.1 Å². The van der Waals surface area contributed by atoms with Gasteiger partial charge in [0.05, 0.1) is 11.5 Å². The van der Waals surface area contributed by atoms with Gasteiger partial charge in [-0.15, -0.1) is 0 Å². The number of rotatable bonds is 7. The lowest BCUT2D eigenvalue weighted by Gasteiger charge is -2.13. The first-order chi connectivity index (χ1) is 16.0. The molecule has 1 heterocycles. The van der Waals surface area contributed by atoms with Crippen molar-refractivity contribution in [1.82, 2.24) is 4.90 Å². The largest absolute Gasteiger partial charge is 0.493 e. The van der Waals surface area contributed by atoms with Crippen LogP contribution in [0.15, 0.2) is 65.6 Å². The van der Waals surface area contributed by atoms with Crippen LogP contribution in [0.3, 0.4) is 0 Å². The third-order valence-corrected chi connectivity index (χ3v) is 6.09. The molecule has 4 rings (SSSR count). The van der Waals surface area contributed by atoms with Crippen molar-refractivity contribution in [2.75, 3.05) is 18.5 Å². The van der Waals surface area contributed by atoms with Crippen LogP contribution in [-0.2, 0) is 9.59 Å². The average Bonchev–Trinajstić information content (AvgIpc) is 3.06. The summed E-state index contributed by atoms with van der Waals surface area (Å²) < 4.78 is 5.90. The van der Waals surface area contributed by atoms with E-state index in [2.05, 4.69) is 5.32 Å². The van der Waals surface area contributed by atoms with Gasteiger partial charge in [-0.05, 0) is 59.3 Å². The van der Waals surface area contributed by atoms with E-state index in [9.17, 15) is 14.4 Å². The van der Waals surface area contributed by atoms with E-state index < -0.39 is 17.1 Å². The summed E-state index contributed by atoms with van der Waals surface area (Å²) in [6.07, 6.45) is 2.51. The Labute approximate surface area is 200 Å². The number of hydrogen-bond acceptors (Lipinski definition) is 5. The molecule has 1 fully saturated rings. The van der Waals surface area contributed by atoms with Gasteiger partial charge in [-0.1, -0.05) is 54.9 Å². The molecular formula is C25H21ClN2O4S. The number of benzene rings is 3. The summed E-state index contributed by atoms with van der Waals surface area (Å²) in [5, 5.41) is 4.53. The Morgan fingerprint density at radius 2 is 1.94 bits per heavy atom. The van der Waals surface area contributed by atoms with Crippen LogP contribution in [0.5, 0.6) is 5.75 Å². The molecule has 33 heavy (non-hydrogen) atoms. The predicted octanol–water partition coefficient (Wildman–Crippen LogP) is 5.96. The van der Waals surface area contributed by atoms with Crippen LogP contribution < -0.4 is 10.1 Å². The van der Waals surface area contributed by atoms with Crippen molar-refractivity contribution in [2.24, 2.45) is 0 Å². The first-order valence-corrected chi connectivity index (χ1v) is 11.6. The minimum absolute atomic E-state index is 0.244. The smallest absolute Gasteiger partial charge is 0.294 e. The highest BCUT2D eigenvalue weighted by Crippen LogP contribution is 2.36. The molecule has 1 saturated heterocycles. The summed E-state index contributed by atoms with van der Waals surface area (Å²) in [4.78, 5) is 39.2. The molecule has 168 valence electrons. The van der Waals surface area contributed by atoms with Gasteiger partial charge >= 0.3 is 0 Å². The molecule has 1 aliphatic heterocycles. The maximum atomic E-state index is 13.0. The van der Waals surface area contributed by atoms with E-state index >= 15 is 0 Å². The van der Waals surface area contributed by atoms with E-state index in [0.29, 0.717) is 23.1 Å². The first kappa shape index (κ1) is 22.9. The monoisotopic (exact) mass is 480 g/mol. The van der Waals surface area contributed by atoms with E-state index in [4.69, 9.17) is 16.3 Å². The summed E-state index contributed by atoms with van der Waals surface area (Å²) in [5.41, 5.74) is 1.22. The molecule has 0 bridgehead atoms. The van der Waals surface area contributed by atoms with Gasteiger partial charge in [-0.3, -0.25) is 19.3 Å². The number of thioether (sulfide) groups is 1. The summed E-state index contributed by atoms with van der Waals surface area (Å²) in [7, 11) is 0. The molecule has 0 aliphatic carbocycles. The van der Waals surface area contributed by atoms with Gasteiger partial charge in [0.15, 0.2) is 0 Å². The van der Waals surface area contributed by atoms with Crippen molar-refractivity contribution in [3.8, 4) is 5.75 Å². The first-order valence-electron chi connectivity index (χ1n) is 10.4. The van der Waals surface area contributed by atoms with Crippen LogP contribution in [0.2, 0.25) is 5.02 Å². The molecule has 0 unspecified atom stereocenters. The molecule has 3 amide bonds. The molecule has 0 radical (unpaired) electrons. The highest BCUT2D eigenvalue weighted by atomic mass is 35.5. The number of anilines is 1. The minimum atomic E-state index is -0.513. The zero-order valence-electron chi connectivity index (χ0n) is 17.8. The van der Waals surface area contributed by atoms with Gasteiger partial charge in [0.25, 0.3) is 11.1 Å². The Bertz CT molecular complexity index is 1270. The number of carbonyl (C=O) groups is 3. The van der Waals surface area contributed by atoms with Crippen LogP contribution in [0, 0.1) is 0 Å². The number of imide groups is 1. The molecule has 1 N–H and O–H groups in total. The molecule has 1 aliphatic rings. The van der Waals surface area contributed by atoms with Crippen LogP contribution in [0.25, 0.3) is 16.8 Å². The Morgan fingerprint density at radius 1 is 1.12 bits per heavy atom. The average molecular weight is 481 g/mol. The summed E-state index contributed by atoms with van der Waals surface area (Å²) >= 11 is 6.75. The highest BCUT2D eigenvalue weighted by Gasteiger charge is 2.36. The Morgan fingerprint density at radius 3 is 2.73 bits per heavy atom. The lowest BCUT2D eigenvalue weighted by atomic mass is 10.0. The fourth-order valence-electron chi connectivity index (χ4n) is 3.44. The predicted molar refractivity (Wildman–Crippen MR) is 132 cm³/mol. The number of carbonyl (C=O) groups excluding carboxylic acids is 3. The van der Waals surface area contributed by atoms with Gasteiger partial charge in [0.1, 0.15) is 12.3 Å². The summed E-state index contributed by atoms with van der Waals surface area (Å²) in [6.45, 7) is 2.16. The Hall–Kier alpha value is -3.29. The van der Waals surface area contributed by atoms with Gasteiger partial charge in [0.2, 0.25) is 5.91 Å². The zero-order valence-corrected chi connectivity index (χ0v) is 19.4. The van der Waals surface area contributed by atoms with Crippen LogP contribution in [0.1, 0.15) is 18.9 Å². The number of ether oxygens (including phenoxy) is 1. The second kappa shape index (κ2) is 10.1. The third-order valence-electron chi connectivity index (χ3n) is 4.95. The molecule has 0 aromatic heterocycles. The van der Waals surface area contributed by atoms with Crippen molar-refractivity contribution in [1.29, 1.82) is 0 Å². The molecule has 3 aromatic rings. The van der Waals surface area contributed by atoms with Crippen molar-refractivity contribution in [2.45, 2.75) is 13.3 Å². The zero-order chi connectivity index (χ0) is 23.4. The number of nitrogens with one attached hydrogen (secondary N) is 1. The molecule has 0 saturated carbocycles. The molecule has 3 aromatic carbocycles. The van der Waals surface area contributed by atoms with Crippen molar-refractivity contribution < 1.29 is 19.1 Å². The Balaban J connectivity index is 1.59. The SMILES string of the molecule is CCCOc1ccc2ccccc2c1/C=C1\SC(=O)N(CC(=O)Nc2cccc(Cl)c2)C1=O. The maximum Gasteiger partial charge on any atom is 0.294 e. The van der Waals surface area contributed by atoms with Gasteiger partial charge in [-0.2, -0.15) is 0 Å². The van der Waals surface area contributed by atoms with E-state index in [1.807, 2.05) is 43.3 Å². The van der Waals surface area contributed by atoms with E-state index in [1.54, 1.807) is 30.3 Å². The number of halogens is 1. The van der Waals surface area contributed by atoms with Crippen molar-refractivity contribution in [3.05, 3.63) is 76.2 Å². The van der Waals surface area contributed by atoms with Crippen LogP contribution in [-0.4, -0.2) is 35.1 Å². The van der Waals surface area contributed by atoms with E-state index in [-0.39, 0.29) is 11.4 Å². The van der Waals surface area contributed by atoms with E-state index in [0.717, 1.165) is 39.4 Å². The third kappa shape index (κ3) is 5.21. The summed E-state index contributed by atoms with van der Waals surface area (Å²) in [6, 6.07) is 18.2.